The predicted molar refractivity (Wildman–Crippen MR) is 222 cm³/mol. The number of carbonyl (C=O) groups excluding carboxylic acids is 4. The third kappa shape index (κ3) is 11.7. The molecule has 0 heterocycles. The quantitative estimate of drug-likeness (QED) is 0.0979. The van der Waals surface area contributed by atoms with Crippen molar-refractivity contribution >= 4 is 40.7 Å². The summed E-state index contributed by atoms with van der Waals surface area (Å²) in [6, 6.07) is 27.5. The Balaban J connectivity index is 1.79. The molecular formula is C44H56N7O4. The van der Waals surface area contributed by atoms with E-state index in [1.807, 2.05) is 54.6 Å². The van der Waals surface area contributed by atoms with Crippen LogP contribution in [-0.4, -0.2) is 73.8 Å². The molecule has 291 valence electrons. The van der Waals surface area contributed by atoms with Crippen LogP contribution >= 0.6 is 0 Å². The molecule has 4 aromatic rings. The molecule has 4 rings (SSSR count). The second-order valence-corrected chi connectivity index (χ2v) is 14.2. The molecule has 4 aromatic carbocycles. The van der Waals surface area contributed by atoms with Gasteiger partial charge in [-0.25, -0.2) is 0 Å². The van der Waals surface area contributed by atoms with Gasteiger partial charge in [0.15, 0.2) is 0 Å². The summed E-state index contributed by atoms with van der Waals surface area (Å²) < 4.78 is 0. The zero-order valence-corrected chi connectivity index (χ0v) is 33.1. The summed E-state index contributed by atoms with van der Waals surface area (Å²) in [5.41, 5.74) is 19.3. The molecular weight excluding hydrogens is 691 g/mol. The van der Waals surface area contributed by atoms with Crippen molar-refractivity contribution in [2.24, 2.45) is 11.5 Å². The maximum absolute atomic E-state index is 13.8. The fourth-order valence-corrected chi connectivity index (χ4v) is 6.39. The Kier molecular flexibility index (Phi) is 15.1. The summed E-state index contributed by atoms with van der Waals surface area (Å²) >= 11 is 0. The van der Waals surface area contributed by atoms with Crippen LogP contribution in [0, 0.1) is 5.92 Å². The third-order valence-electron chi connectivity index (χ3n) is 9.42. The number of carbonyl (C=O) groups is 4. The van der Waals surface area contributed by atoms with Crippen LogP contribution in [0.3, 0.4) is 0 Å². The molecule has 0 aliphatic heterocycles. The highest BCUT2D eigenvalue weighted by atomic mass is 16.2. The highest BCUT2D eigenvalue weighted by molar-refractivity contribution is 5.98. The van der Waals surface area contributed by atoms with Crippen LogP contribution in [0.5, 0.6) is 0 Å². The van der Waals surface area contributed by atoms with E-state index < -0.39 is 24.0 Å². The number of rotatable bonds is 17. The fraction of sp³-hybridized carbons (Fsp3) is 0.341. The summed E-state index contributed by atoms with van der Waals surface area (Å²) in [6.45, 7) is 10.9. The summed E-state index contributed by atoms with van der Waals surface area (Å²) in [7, 11) is 3.48. The van der Waals surface area contributed by atoms with Gasteiger partial charge in [-0.1, -0.05) is 48.5 Å². The van der Waals surface area contributed by atoms with Gasteiger partial charge in [-0.05, 0) is 124 Å². The lowest BCUT2D eigenvalue weighted by Gasteiger charge is -2.25. The number of nitrogens with zero attached hydrogens (tertiary/aromatic N) is 2. The Morgan fingerprint density at radius 2 is 1.15 bits per heavy atom. The van der Waals surface area contributed by atoms with Crippen molar-refractivity contribution in [3.63, 3.8) is 0 Å². The summed E-state index contributed by atoms with van der Waals surface area (Å²) in [5.74, 6) is -0.0894. The van der Waals surface area contributed by atoms with Gasteiger partial charge in [0, 0.05) is 55.7 Å². The number of hydrogen-bond donors (Lipinski definition) is 5. The monoisotopic (exact) mass is 746 g/mol. The van der Waals surface area contributed by atoms with Crippen molar-refractivity contribution in [3.8, 4) is 0 Å². The molecule has 0 bridgehead atoms. The number of benzene rings is 4. The Hall–Kier alpha value is -5.52. The second-order valence-electron chi connectivity index (χ2n) is 14.2. The van der Waals surface area contributed by atoms with Gasteiger partial charge < -0.3 is 37.2 Å². The molecule has 0 saturated carbocycles. The minimum Gasteiger partial charge on any atom is -0.372 e. The van der Waals surface area contributed by atoms with E-state index in [-0.39, 0.29) is 17.7 Å². The van der Waals surface area contributed by atoms with Crippen LogP contribution in [0.2, 0.25) is 0 Å². The van der Waals surface area contributed by atoms with E-state index in [1.165, 1.54) is 0 Å². The maximum atomic E-state index is 13.8. The first kappa shape index (κ1) is 42.2. The van der Waals surface area contributed by atoms with Crippen molar-refractivity contribution in [1.82, 2.24) is 10.2 Å². The summed E-state index contributed by atoms with van der Waals surface area (Å²) in [4.78, 5) is 55.3. The SMILES string of the molecule is CCN(CC)c1cccc(C[C](Cc2cccc(NC(=O)[C@H](C)N)c2)c2cccc(C(=O)N(C)C)c2Cc2cccc(NC(=O)[C@H](C)NC(=O)[C@H](C)N)c2)c1. The Bertz CT molecular complexity index is 1950. The van der Waals surface area contributed by atoms with Gasteiger partial charge in [0.25, 0.3) is 5.91 Å². The molecule has 55 heavy (non-hydrogen) atoms. The molecule has 0 spiro atoms. The van der Waals surface area contributed by atoms with Crippen molar-refractivity contribution in [2.45, 2.75) is 72.0 Å². The molecule has 4 amide bonds. The average Bonchev–Trinajstić information content (AvgIpc) is 3.15. The highest BCUT2D eigenvalue weighted by Crippen LogP contribution is 2.33. The predicted octanol–water partition coefficient (Wildman–Crippen LogP) is 5.31. The molecule has 0 aliphatic rings. The minimum atomic E-state index is -0.796. The maximum Gasteiger partial charge on any atom is 0.253 e. The van der Waals surface area contributed by atoms with E-state index >= 15 is 0 Å². The molecule has 0 unspecified atom stereocenters. The van der Waals surface area contributed by atoms with Gasteiger partial charge in [0.1, 0.15) is 6.04 Å². The number of nitrogens with two attached hydrogens (primary N) is 2. The van der Waals surface area contributed by atoms with Gasteiger partial charge in [-0.3, -0.25) is 19.2 Å². The highest BCUT2D eigenvalue weighted by Gasteiger charge is 2.25. The van der Waals surface area contributed by atoms with Gasteiger partial charge in [-0.15, -0.1) is 0 Å². The van der Waals surface area contributed by atoms with Crippen molar-refractivity contribution in [3.05, 3.63) is 130 Å². The van der Waals surface area contributed by atoms with Crippen LogP contribution in [-0.2, 0) is 33.6 Å². The normalized spacial score (nSPS) is 12.7. The molecule has 11 heteroatoms. The van der Waals surface area contributed by atoms with Crippen LogP contribution in [0.4, 0.5) is 17.1 Å². The van der Waals surface area contributed by atoms with Gasteiger partial charge in [0.05, 0.1) is 12.1 Å². The second kappa shape index (κ2) is 19.7. The van der Waals surface area contributed by atoms with Crippen molar-refractivity contribution in [1.29, 1.82) is 0 Å². The molecule has 1 radical (unpaired) electrons. The van der Waals surface area contributed by atoms with E-state index in [4.69, 9.17) is 11.5 Å². The zero-order valence-electron chi connectivity index (χ0n) is 33.1. The number of anilines is 3. The molecule has 7 N–H and O–H groups in total. The number of hydrogen-bond acceptors (Lipinski definition) is 7. The number of nitrogens with one attached hydrogen (secondary N) is 3. The molecule has 0 saturated heterocycles. The van der Waals surface area contributed by atoms with E-state index in [0.29, 0.717) is 36.2 Å². The topological polar surface area (TPSA) is 163 Å². The van der Waals surface area contributed by atoms with Crippen LogP contribution in [0.1, 0.15) is 72.8 Å². The fourth-order valence-electron chi connectivity index (χ4n) is 6.39. The van der Waals surface area contributed by atoms with E-state index in [0.717, 1.165) is 52.5 Å². The molecule has 0 aliphatic carbocycles. The van der Waals surface area contributed by atoms with Gasteiger partial charge >= 0.3 is 0 Å². The zero-order chi connectivity index (χ0) is 40.2. The van der Waals surface area contributed by atoms with Crippen molar-refractivity contribution < 1.29 is 19.2 Å². The summed E-state index contributed by atoms with van der Waals surface area (Å²) in [6.07, 6.45) is 1.56. The lowest BCUT2D eigenvalue weighted by molar-refractivity contribution is -0.126. The number of amides is 4. The van der Waals surface area contributed by atoms with Crippen LogP contribution < -0.4 is 32.3 Å². The third-order valence-corrected chi connectivity index (χ3v) is 9.42. The first-order valence-electron chi connectivity index (χ1n) is 18.8. The van der Waals surface area contributed by atoms with Crippen molar-refractivity contribution in [2.75, 3.05) is 42.7 Å². The standard InChI is InChI=1S/C44H56N7O4/c1-8-51(9-2)37-19-12-16-32(26-37)23-34(22-31-14-10-17-35(24-31)48-42(53)29(4)46)38-20-13-21-39(44(55)50(6)7)40(38)27-33-15-11-18-36(25-33)49-43(54)30(5)47-41(52)28(3)45/h10-21,24-26,28-30H,8-9,22-23,27,45-46H2,1-7H3,(H,47,52)(H,48,53)(H,49,54)/t28-,29-,30-/m0/s1. The van der Waals surface area contributed by atoms with Gasteiger partial charge in [0.2, 0.25) is 17.7 Å². The van der Waals surface area contributed by atoms with E-state index in [2.05, 4.69) is 65.0 Å². The molecule has 3 atom stereocenters. The Labute approximate surface area is 325 Å². The summed E-state index contributed by atoms with van der Waals surface area (Å²) in [5, 5.41) is 8.44. The van der Waals surface area contributed by atoms with Gasteiger partial charge in [-0.2, -0.15) is 0 Å². The lowest BCUT2D eigenvalue weighted by Crippen LogP contribution is -2.47. The average molecular weight is 747 g/mol. The first-order valence-corrected chi connectivity index (χ1v) is 18.8. The smallest absolute Gasteiger partial charge is 0.253 e. The largest absolute Gasteiger partial charge is 0.372 e. The Morgan fingerprint density at radius 1 is 0.636 bits per heavy atom. The van der Waals surface area contributed by atoms with E-state index in [1.54, 1.807) is 45.8 Å². The van der Waals surface area contributed by atoms with E-state index in [9.17, 15) is 19.2 Å². The first-order chi connectivity index (χ1) is 26.2. The molecule has 11 nitrogen and oxygen atoms in total. The molecule has 0 aromatic heterocycles. The minimum absolute atomic E-state index is 0.122. The van der Waals surface area contributed by atoms with Crippen LogP contribution in [0.25, 0.3) is 0 Å². The molecule has 0 fully saturated rings. The Morgan fingerprint density at radius 3 is 1.73 bits per heavy atom. The van der Waals surface area contributed by atoms with Crippen LogP contribution in [0.15, 0.2) is 91.0 Å². The lowest BCUT2D eigenvalue weighted by atomic mass is 9.81.